The normalized spacial score (nSPS) is 17.9. The van der Waals surface area contributed by atoms with Crippen LogP contribution < -0.4 is 0 Å². The standard InChI is InChI=1S/C11H16N2O2/c1-13-5-2-10(12-13)8-11(14)9-3-6-15-7-4-9/h2,5,9H,3-4,6-8H2,1H3. The lowest BCUT2D eigenvalue weighted by molar-refractivity contribution is -0.125. The Morgan fingerprint density at radius 2 is 2.33 bits per heavy atom. The molecule has 15 heavy (non-hydrogen) atoms. The molecule has 0 radical (unpaired) electrons. The summed E-state index contributed by atoms with van der Waals surface area (Å²) in [5, 5.41) is 4.21. The minimum Gasteiger partial charge on any atom is -0.381 e. The Hall–Kier alpha value is -1.16. The molecule has 2 rings (SSSR count). The van der Waals surface area contributed by atoms with Crippen LogP contribution in [0.4, 0.5) is 0 Å². The molecule has 4 heteroatoms. The zero-order chi connectivity index (χ0) is 10.7. The van der Waals surface area contributed by atoms with E-state index in [9.17, 15) is 4.79 Å². The molecule has 0 spiro atoms. The zero-order valence-electron chi connectivity index (χ0n) is 8.98. The largest absolute Gasteiger partial charge is 0.381 e. The van der Waals surface area contributed by atoms with Crippen molar-refractivity contribution in [2.45, 2.75) is 19.3 Å². The highest BCUT2D eigenvalue weighted by Gasteiger charge is 2.21. The maximum Gasteiger partial charge on any atom is 0.142 e. The molecule has 0 amide bonds. The third-order valence-corrected chi connectivity index (χ3v) is 2.80. The van der Waals surface area contributed by atoms with Crippen molar-refractivity contribution in [3.8, 4) is 0 Å². The molecule has 0 saturated carbocycles. The van der Waals surface area contributed by atoms with Crippen molar-refractivity contribution < 1.29 is 9.53 Å². The van der Waals surface area contributed by atoms with E-state index < -0.39 is 0 Å². The first-order valence-corrected chi connectivity index (χ1v) is 5.34. The van der Waals surface area contributed by atoms with Crippen LogP contribution in [0.1, 0.15) is 18.5 Å². The molecule has 4 nitrogen and oxygen atoms in total. The first-order valence-electron chi connectivity index (χ1n) is 5.34. The molecule has 1 aromatic heterocycles. The minimum absolute atomic E-state index is 0.181. The van der Waals surface area contributed by atoms with Gasteiger partial charge in [-0.2, -0.15) is 5.10 Å². The van der Waals surface area contributed by atoms with E-state index in [1.807, 2.05) is 19.3 Å². The average molecular weight is 208 g/mol. The number of aryl methyl sites for hydroxylation is 1. The van der Waals surface area contributed by atoms with Crippen molar-refractivity contribution in [2.24, 2.45) is 13.0 Å². The molecular weight excluding hydrogens is 192 g/mol. The second kappa shape index (κ2) is 4.57. The highest BCUT2D eigenvalue weighted by atomic mass is 16.5. The molecule has 1 saturated heterocycles. The number of hydrogen-bond donors (Lipinski definition) is 0. The van der Waals surface area contributed by atoms with Crippen LogP contribution in [0.5, 0.6) is 0 Å². The Labute approximate surface area is 89.2 Å². The van der Waals surface area contributed by atoms with E-state index in [0.717, 1.165) is 31.7 Å². The van der Waals surface area contributed by atoms with Gasteiger partial charge in [-0.25, -0.2) is 0 Å². The molecule has 0 aromatic carbocycles. The van der Waals surface area contributed by atoms with Gasteiger partial charge in [-0.05, 0) is 18.9 Å². The third kappa shape index (κ3) is 2.65. The van der Waals surface area contributed by atoms with Crippen molar-refractivity contribution in [3.05, 3.63) is 18.0 Å². The number of ketones is 1. The first kappa shape index (κ1) is 10.4. The lowest BCUT2D eigenvalue weighted by Gasteiger charge is -2.20. The number of carbonyl (C=O) groups excluding carboxylic acids is 1. The van der Waals surface area contributed by atoms with Crippen molar-refractivity contribution >= 4 is 5.78 Å². The molecule has 0 bridgehead atoms. The summed E-state index contributed by atoms with van der Waals surface area (Å²) < 4.78 is 6.96. The molecular formula is C11H16N2O2. The summed E-state index contributed by atoms with van der Waals surface area (Å²) in [6, 6.07) is 1.90. The summed E-state index contributed by atoms with van der Waals surface area (Å²) in [6.07, 6.45) is 4.06. The number of ether oxygens (including phenoxy) is 1. The highest BCUT2D eigenvalue weighted by Crippen LogP contribution is 2.17. The summed E-state index contributed by atoms with van der Waals surface area (Å²) in [5.41, 5.74) is 0.869. The molecule has 1 fully saturated rings. The molecule has 1 aliphatic rings. The fraction of sp³-hybridized carbons (Fsp3) is 0.636. The average Bonchev–Trinajstić information content (AvgIpc) is 2.65. The number of aromatic nitrogens is 2. The van der Waals surface area contributed by atoms with Crippen LogP contribution >= 0.6 is 0 Å². The highest BCUT2D eigenvalue weighted by molar-refractivity contribution is 5.82. The number of hydrogen-bond acceptors (Lipinski definition) is 3. The molecule has 0 N–H and O–H groups in total. The van der Waals surface area contributed by atoms with Crippen LogP contribution in [-0.2, 0) is 23.0 Å². The van der Waals surface area contributed by atoms with Crippen LogP contribution in [0.15, 0.2) is 12.3 Å². The Kier molecular flexibility index (Phi) is 3.16. The van der Waals surface area contributed by atoms with E-state index >= 15 is 0 Å². The second-order valence-electron chi connectivity index (χ2n) is 4.01. The summed E-state index contributed by atoms with van der Waals surface area (Å²) in [5.74, 6) is 0.484. The molecule has 0 unspecified atom stereocenters. The van der Waals surface area contributed by atoms with Gasteiger partial charge in [0.2, 0.25) is 0 Å². The van der Waals surface area contributed by atoms with Gasteiger partial charge in [0.25, 0.3) is 0 Å². The van der Waals surface area contributed by atoms with Gasteiger partial charge in [-0.1, -0.05) is 0 Å². The molecule has 2 heterocycles. The van der Waals surface area contributed by atoms with Gasteiger partial charge in [0.05, 0.1) is 12.1 Å². The van der Waals surface area contributed by atoms with Crippen LogP contribution in [0.2, 0.25) is 0 Å². The van der Waals surface area contributed by atoms with Crippen LogP contribution in [-0.4, -0.2) is 28.8 Å². The predicted octanol–water partition coefficient (Wildman–Crippen LogP) is 0.958. The Bertz CT molecular complexity index is 340. The monoisotopic (exact) mass is 208 g/mol. The molecule has 82 valence electrons. The Balaban J connectivity index is 1.91. The Morgan fingerprint density at radius 3 is 2.93 bits per heavy atom. The number of rotatable bonds is 3. The fourth-order valence-electron chi connectivity index (χ4n) is 1.90. The van der Waals surface area contributed by atoms with Crippen molar-refractivity contribution in [3.63, 3.8) is 0 Å². The predicted molar refractivity (Wildman–Crippen MR) is 55.5 cm³/mol. The van der Waals surface area contributed by atoms with E-state index in [1.54, 1.807) is 4.68 Å². The SMILES string of the molecule is Cn1ccc(CC(=O)C2CCOCC2)n1. The van der Waals surface area contributed by atoms with E-state index in [2.05, 4.69) is 5.10 Å². The van der Waals surface area contributed by atoms with E-state index in [4.69, 9.17) is 4.74 Å². The summed E-state index contributed by atoms with van der Waals surface area (Å²) in [6.45, 7) is 1.44. The van der Waals surface area contributed by atoms with Gasteiger partial charge in [-0.15, -0.1) is 0 Å². The summed E-state index contributed by atoms with van der Waals surface area (Å²) in [4.78, 5) is 11.9. The topological polar surface area (TPSA) is 44.1 Å². The van der Waals surface area contributed by atoms with Gasteiger partial charge in [0.15, 0.2) is 0 Å². The first-order chi connectivity index (χ1) is 7.25. The molecule has 0 aliphatic carbocycles. The van der Waals surface area contributed by atoms with Crippen molar-refractivity contribution in [1.82, 2.24) is 9.78 Å². The second-order valence-corrected chi connectivity index (χ2v) is 4.01. The zero-order valence-corrected chi connectivity index (χ0v) is 8.98. The van der Waals surface area contributed by atoms with Gasteiger partial charge in [-0.3, -0.25) is 9.48 Å². The van der Waals surface area contributed by atoms with Crippen molar-refractivity contribution in [2.75, 3.05) is 13.2 Å². The minimum atomic E-state index is 0.181. The van der Waals surface area contributed by atoms with Gasteiger partial charge in [0, 0.05) is 32.4 Å². The number of carbonyl (C=O) groups is 1. The Morgan fingerprint density at radius 1 is 1.60 bits per heavy atom. The van der Waals surface area contributed by atoms with E-state index in [1.165, 1.54) is 0 Å². The quantitative estimate of drug-likeness (QED) is 0.743. The lowest BCUT2D eigenvalue weighted by atomic mass is 9.93. The molecule has 1 aliphatic heterocycles. The van der Waals surface area contributed by atoms with Crippen LogP contribution in [0.3, 0.4) is 0 Å². The van der Waals surface area contributed by atoms with Crippen LogP contribution in [0.25, 0.3) is 0 Å². The maximum atomic E-state index is 11.9. The van der Waals surface area contributed by atoms with E-state index in [0.29, 0.717) is 12.2 Å². The smallest absolute Gasteiger partial charge is 0.142 e. The summed E-state index contributed by atoms with van der Waals surface area (Å²) >= 11 is 0. The molecule has 0 atom stereocenters. The lowest BCUT2D eigenvalue weighted by Crippen LogP contribution is -2.24. The van der Waals surface area contributed by atoms with Crippen molar-refractivity contribution in [1.29, 1.82) is 0 Å². The van der Waals surface area contributed by atoms with Gasteiger partial charge < -0.3 is 4.74 Å². The summed E-state index contributed by atoms with van der Waals surface area (Å²) in [7, 11) is 1.86. The number of nitrogens with zero attached hydrogens (tertiary/aromatic N) is 2. The third-order valence-electron chi connectivity index (χ3n) is 2.80. The van der Waals surface area contributed by atoms with Gasteiger partial charge >= 0.3 is 0 Å². The molecule has 1 aromatic rings. The van der Waals surface area contributed by atoms with Crippen LogP contribution in [0, 0.1) is 5.92 Å². The number of Topliss-reactive ketones (excluding diaryl/α,β-unsaturated/α-hetero) is 1. The maximum absolute atomic E-state index is 11.9. The fourth-order valence-corrected chi connectivity index (χ4v) is 1.90. The van der Waals surface area contributed by atoms with Gasteiger partial charge in [0.1, 0.15) is 5.78 Å². The van der Waals surface area contributed by atoms with E-state index in [-0.39, 0.29) is 5.92 Å².